The maximum Gasteiger partial charge on any atom is 0.181 e. The molecule has 0 fully saturated rings. The number of phenols is 1. The lowest BCUT2D eigenvalue weighted by atomic mass is 9.85. The summed E-state index contributed by atoms with van der Waals surface area (Å²) in [4.78, 5) is 0. The fourth-order valence-corrected chi connectivity index (χ4v) is 1.31. The van der Waals surface area contributed by atoms with Crippen molar-refractivity contribution < 1.29 is 13.9 Å². The van der Waals surface area contributed by atoms with Gasteiger partial charge in [0, 0.05) is 5.56 Å². The summed E-state index contributed by atoms with van der Waals surface area (Å²) in [5, 5.41) is 17.6. The van der Waals surface area contributed by atoms with Crippen LogP contribution in [0.1, 0.15) is 19.4 Å². The predicted octanol–water partition coefficient (Wildman–Crippen LogP) is 3.12. The molecule has 1 aromatic rings. The Kier molecular flexibility index (Phi) is 2.87. The quantitative estimate of drug-likeness (QED) is 0.755. The first-order valence-electron chi connectivity index (χ1n) is 4.09. The smallest absolute Gasteiger partial charge is 0.181 e. The molecule has 0 saturated carbocycles. The van der Waals surface area contributed by atoms with E-state index in [1.165, 1.54) is 13.8 Å². The molecule has 1 aromatic carbocycles. The van der Waals surface area contributed by atoms with Crippen molar-refractivity contribution in [2.45, 2.75) is 19.3 Å². The summed E-state index contributed by atoms with van der Waals surface area (Å²) in [6.45, 7) is 2.94. The minimum atomic E-state index is -1.31. The monoisotopic (exact) mass is 231 g/mol. The summed E-state index contributed by atoms with van der Waals surface area (Å²) < 4.78 is 25.9. The van der Waals surface area contributed by atoms with Gasteiger partial charge in [0.2, 0.25) is 0 Å². The Bertz CT molecular complexity index is 452. The van der Waals surface area contributed by atoms with E-state index in [1.807, 2.05) is 6.07 Å². The molecule has 0 aromatic heterocycles. The Balaban J connectivity index is 3.54. The number of aromatic hydroxyl groups is 1. The molecule has 1 rings (SSSR count). The number of nitriles is 1. The fraction of sp³-hybridized carbons (Fsp3) is 0.300. The van der Waals surface area contributed by atoms with Gasteiger partial charge in [-0.05, 0) is 19.9 Å². The van der Waals surface area contributed by atoms with Crippen LogP contribution in [0, 0.1) is 23.0 Å². The Morgan fingerprint density at radius 3 is 2.47 bits per heavy atom. The minimum absolute atomic E-state index is 0.0334. The molecule has 80 valence electrons. The Morgan fingerprint density at radius 1 is 1.47 bits per heavy atom. The first-order chi connectivity index (χ1) is 6.81. The molecule has 0 radical (unpaired) electrons. The van der Waals surface area contributed by atoms with Gasteiger partial charge in [-0.2, -0.15) is 5.26 Å². The Morgan fingerprint density at radius 2 is 2.00 bits per heavy atom. The Labute approximate surface area is 90.7 Å². The molecule has 15 heavy (non-hydrogen) atoms. The molecule has 0 heterocycles. The normalized spacial score (nSPS) is 11.2. The third kappa shape index (κ3) is 1.88. The zero-order valence-corrected chi connectivity index (χ0v) is 8.86. The number of nitrogens with zero attached hydrogens (tertiary/aromatic N) is 1. The van der Waals surface area contributed by atoms with E-state index in [-0.39, 0.29) is 5.56 Å². The van der Waals surface area contributed by atoms with Crippen LogP contribution in [0.3, 0.4) is 0 Å². The molecular weight excluding hydrogens is 224 g/mol. The molecule has 0 aliphatic rings. The topological polar surface area (TPSA) is 44.0 Å². The van der Waals surface area contributed by atoms with E-state index in [1.54, 1.807) is 0 Å². The molecular formula is C10H8ClF2NO. The third-order valence-corrected chi connectivity index (χ3v) is 2.43. The van der Waals surface area contributed by atoms with Crippen LogP contribution in [-0.2, 0) is 5.41 Å². The average Bonchev–Trinajstić information content (AvgIpc) is 2.20. The maximum atomic E-state index is 13.0. The van der Waals surface area contributed by atoms with Gasteiger partial charge in [-0.15, -0.1) is 0 Å². The van der Waals surface area contributed by atoms with Crippen LogP contribution < -0.4 is 0 Å². The zero-order valence-electron chi connectivity index (χ0n) is 8.11. The maximum absolute atomic E-state index is 13.0. The van der Waals surface area contributed by atoms with Gasteiger partial charge >= 0.3 is 0 Å². The highest BCUT2D eigenvalue weighted by atomic mass is 35.5. The van der Waals surface area contributed by atoms with Crippen LogP contribution >= 0.6 is 11.6 Å². The summed E-state index contributed by atoms with van der Waals surface area (Å²) in [5.74, 6) is -3.09. The summed E-state index contributed by atoms with van der Waals surface area (Å²) in [7, 11) is 0. The number of halogens is 3. The molecule has 0 saturated heterocycles. The van der Waals surface area contributed by atoms with Gasteiger partial charge in [-0.1, -0.05) is 11.6 Å². The van der Waals surface area contributed by atoms with Crippen molar-refractivity contribution in [1.82, 2.24) is 0 Å². The summed E-state index contributed by atoms with van der Waals surface area (Å²) >= 11 is 5.38. The fourth-order valence-electron chi connectivity index (χ4n) is 1.12. The second-order valence-corrected chi connectivity index (χ2v) is 4.00. The lowest BCUT2D eigenvalue weighted by Crippen LogP contribution is -2.15. The van der Waals surface area contributed by atoms with Crippen molar-refractivity contribution in [3.05, 3.63) is 28.3 Å². The molecule has 0 spiro atoms. The van der Waals surface area contributed by atoms with E-state index in [0.29, 0.717) is 0 Å². The van der Waals surface area contributed by atoms with Crippen molar-refractivity contribution in [2.24, 2.45) is 0 Å². The number of phenolic OH excluding ortho intramolecular Hbond substituents is 1. The van der Waals surface area contributed by atoms with Gasteiger partial charge in [0.15, 0.2) is 11.6 Å². The number of rotatable bonds is 1. The number of benzene rings is 1. The van der Waals surface area contributed by atoms with E-state index < -0.39 is 27.8 Å². The van der Waals surface area contributed by atoms with Crippen LogP contribution in [0.15, 0.2) is 6.07 Å². The second kappa shape index (κ2) is 3.67. The summed E-state index contributed by atoms with van der Waals surface area (Å²) in [6, 6.07) is 2.64. The summed E-state index contributed by atoms with van der Waals surface area (Å²) in [5.41, 5.74) is -1.17. The lowest BCUT2D eigenvalue weighted by molar-refractivity contribution is 0.437. The average molecular weight is 232 g/mol. The Hall–Kier alpha value is -1.34. The van der Waals surface area contributed by atoms with E-state index in [9.17, 15) is 13.9 Å². The van der Waals surface area contributed by atoms with Crippen molar-refractivity contribution in [1.29, 1.82) is 5.26 Å². The molecule has 0 aliphatic carbocycles. The highest BCUT2D eigenvalue weighted by molar-refractivity contribution is 6.32. The van der Waals surface area contributed by atoms with Gasteiger partial charge in [-0.3, -0.25) is 0 Å². The van der Waals surface area contributed by atoms with Gasteiger partial charge in [0.1, 0.15) is 10.8 Å². The highest BCUT2D eigenvalue weighted by Gasteiger charge is 2.28. The largest absolute Gasteiger partial charge is 0.506 e. The van der Waals surface area contributed by atoms with Gasteiger partial charge in [-0.25, -0.2) is 8.78 Å². The molecule has 0 aliphatic heterocycles. The predicted molar refractivity (Wildman–Crippen MR) is 51.7 cm³/mol. The van der Waals surface area contributed by atoms with Crippen LogP contribution in [-0.4, -0.2) is 5.11 Å². The molecule has 0 amide bonds. The second-order valence-electron chi connectivity index (χ2n) is 3.62. The standard InChI is InChI=1S/C10H8ClF2NO/c1-10(2,4-14)5-3-6(12)8(13)7(11)9(5)15/h3,15H,1-2H3. The van der Waals surface area contributed by atoms with E-state index >= 15 is 0 Å². The highest BCUT2D eigenvalue weighted by Crippen LogP contribution is 2.38. The molecule has 0 atom stereocenters. The molecule has 2 nitrogen and oxygen atoms in total. The van der Waals surface area contributed by atoms with E-state index in [4.69, 9.17) is 16.9 Å². The van der Waals surface area contributed by atoms with Crippen molar-refractivity contribution in [2.75, 3.05) is 0 Å². The first kappa shape index (κ1) is 11.7. The van der Waals surface area contributed by atoms with Crippen LogP contribution in [0.4, 0.5) is 8.78 Å². The molecule has 0 unspecified atom stereocenters. The molecule has 0 bridgehead atoms. The minimum Gasteiger partial charge on any atom is -0.506 e. The van der Waals surface area contributed by atoms with Crippen molar-refractivity contribution in [3.8, 4) is 11.8 Å². The third-order valence-electron chi connectivity index (χ3n) is 2.09. The molecule has 5 heteroatoms. The zero-order chi connectivity index (χ0) is 11.8. The van der Waals surface area contributed by atoms with Gasteiger partial charge < -0.3 is 5.11 Å². The number of hydrogen-bond donors (Lipinski definition) is 1. The van der Waals surface area contributed by atoms with E-state index in [2.05, 4.69) is 0 Å². The van der Waals surface area contributed by atoms with Crippen LogP contribution in [0.2, 0.25) is 5.02 Å². The SMILES string of the molecule is CC(C)(C#N)c1cc(F)c(F)c(Cl)c1O. The first-order valence-corrected chi connectivity index (χ1v) is 4.47. The van der Waals surface area contributed by atoms with Crippen LogP contribution in [0.5, 0.6) is 5.75 Å². The van der Waals surface area contributed by atoms with Crippen molar-refractivity contribution >= 4 is 11.6 Å². The summed E-state index contributed by atoms with van der Waals surface area (Å²) in [6.07, 6.45) is 0. The van der Waals surface area contributed by atoms with Crippen molar-refractivity contribution in [3.63, 3.8) is 0 Å². The van der Waals surface area contributed by atoms with Gasteiger partial charge in [0.25, 0.3) is 0 Å². The van der Waals surface area contributed by atoms with Gasteiger partial charge in [0.05, 0.1) is 11.5 Å². The van der Waals surface area contributed by atoms with Crippen LogP contribution in [0.25, 0.3) is 0 Å². The number of hydrogen-bond acceptors (Lipinski definition) is 2. The van der Waals surface area contributed by atoms with E-state index in [0.717, 1.165) is 6.07 Å². The molecule has 1 N–H and O–H groups in total. The lowest BCUT2D eigenvalue weighted by Gasteiger charge is -2.18.